The first-order valence-electron chi connectivity index (χ1n) is 6.62. The number of aromatic nitrogens is 2. The van der Waals surface area contributed by atoms with Crippen LogP contribution in [-0.2, 0) is 16.6 Å². The highest BCUT2D eigenvalue weighted by Gasteiger charge is 2.20. The largest absolute Gasteiger partial charge is 0.334 e. The number of nitrogens with zero attached hydrogens (tertiary/aromatic N) is 2. The van der Waals surface area contributed by atoms with Crippen LogP contribution >= 0.6 is 11.3 Å². The fourth-order valence-corrected chi connectivity index (χ4v) is 3.74. The summed E-state index contributed by atoms with van der Waals surface area (Å²) in [4.78, 5) is 4.23. The van der Waals surface area contributed by atoms with Crippen molar-refractivity contribution in [1.82, 2.24) is 10.1 Å². The van der Waals surface area contributed by atoms with E-state index in [1.54, 1.807) is 25.1 Å². The molecular weight excluding hydrogens is 323 g/mol. The summed E-state index contributed by atoms with van der Waals surface area (Å²) in [6, 6.07) is 8.23. The summed E-state index contributed by atoms with van der Waals surface area (Å²) in [5, 5.41) is 7.22. The molecule has 0 unspecified atom stereocenters. The Balaban J connectivity index is 1.73. The van der Waals surface area contributed by atoms with Gasteiger partial charge in [-0.3, -0.25) is 4.21 Å². The molecule has 22 heavy (non-hydrogen) atoms. The van der Waals surface area contributed by atoms with Gasteiger partial charge in [0.1, 0.15) is 5.82 Å². The third kappa shape index (κ3) is 3.15. The first-order valence-corrected chi connectivity index (χ1v) is 8.94. The molecule has 0 radical (unpaired) electrons. The first-order chi connectivity index (χ1) is 10.6. The van der Waals surface area contributed by atoms with Crippen LogP contribution in [0.25, 0.3) is 11.5 Å². The molecule has 0 saturated carbocycles. The molecule has 0 aliphatic rings. The SMILES string of the molecule is C[C@@H](c1ccccc1F)[S@@](=O)Cc1noc(-c2ccsc2)n1. The predicted octanol–water partition coefficient (Wildman–Crippen LogP) is 3.95. The topological polar surface area (TPSA) is 56.0 Å². The Bertz CT molecular complexity index is 786. The van der Waals surface area contributed by atoms with Crippen LogP contribution in [0.4, 0.5) is 4.39 Å². The highest BCUT2D eigenvalue weighted by atomic mass is 32.2. The Labute approximate surface area is 133 Å². The number of hydrogen-bond acceptors (Lipinski definition) is 5. The zero-order valence-corrected chi connectivity index (χ0v) is 13.4. The van der Waals surface area contributed by atoms with Crippen molar-refractivity contribution >= 4 is 22.1 Å². The van der Waals surface area contributed by atoms with E-state index in [1.165, 1.54) is 17.4 Å². The molecule has 0 aliphatic heterocycles. The van der Waals surface area contributed by atoms with Crippen LogP contribution in [0.15, 0.2) is 45.6 Å². The second kappa shape index (κ2) is 6.50. The van der Waals surface area contributed by atoms with E-state index in [-0.39, 0.29) is 11.6 Å². The Morgan fingerprint density at radius 3 is 2.91 bits per heavy atom. The van der Waals surface area contributed by atoms with Gasteiger partial charge in [0, 0.05) is 21.7 Å². The molecular formula is C15H13FN2O2S2. The van der Waals surface area contributed by atoms with Crippen molar-refractivity contribution in [2.45, 2.75) is 17.9 Å². The van der Waals surface area contributed by atoms with E-state index in [0.29, 0.717) is 17.3 Å². The molecule has 0 N–H and O–H groups in total. The maximum Gasteiger partial charge on any atom is 0.258 e. The lowest BCUT2D eigenvalue weighted by atomic mass is 10.1. The van der Waals surface area contributed by atoms with Crippen molar-refractivity contribution in [3.8, 4) is 11.5 Å². The van der Waals surface area contributed by atoms with Crippen molar-refractivity contribution in [3.05, 3.63) is 58.3 Å². The minimum atomic E-state index is -1.33. The minimum Gasteiger partial charge on any atom is -0.334 e. The Kier molecular flexibility index (Phi) is 4.44. The van der Waals surface area contributed by atoms with E-state index in [1.807, 2.05) is 16.8 Å². The average molecular weight is 336 g/mol. The molecule has 3 rings (SSSR count). The molecule has 3 aromatic rings. The molecule has 0 fully saturated rings. The number of halogens is 1. The van der Waals surface area contributed by atoms with E-state index >= 15 is 0 Å². The Morgan fingerprint density at radius 2 is 2.18 bits per heavy atom. The van der Waals surface area contributed by atoms with Crippen LogP contribution in [0.3, 0.4) is 0 Å². The maximum atomic E-state index is 13.7. The number of benzene rings is 1. The highest BCUT2D eigenvalue weighted by molar-refractivity contribution is 7.84. The minimum absolute atomic E-state index is 0.128. The lowest BCUT2D eigenvalue weighted by Gasteiger charge is -2.11. The van der Waals surface area contributed by atoms with Gasteiger partial charge in [0.25, 0.3) is 5.89 Å². The Hall–Kier alpha value is -1.86. The lowest BCUT2D eigenvalue weighted by Crippen LogP contribution is -2.08. The highest BCUT2D eigenvalue weighted by Crippen LogP contribution is 2.25. The van der Waals surface area contributed by atoms with E-state index in [4.69, 9.17) is 4.52 Å². The van der Waals surface area contributed by atoms with Crippen LogP contribution in [-0.4, -0.2) is 14.3 Å². The molecule has 0 saturated heterocycles. The molecule has 114 valence electrons. The second-order valence-electron chi connectivity index (χ2n) is 4.72. The van der Waals surface area contributed by atoms with Crippen molar-refractivity contribution in [3.63, 3.8) is 0 Å². The quantitative estimate of drug-likeness (QED) is 0.708. The molecule has 0 amide bonds. The van der Waals surface area contributed by atoms with Crippen molar-refractivity contribution in [1.29, 1.82) is 0 Å². The van der Waals surface area contributed by atoms with Gasteiger partial charge in [-0.25, -0.2) is 4.39 Å². The molecule has 4 nitrogen and oxygen atoms in total. The normalized spacial score (nSPS) is 13.9. The summed E-state index contributed by atoms with van der Waals surface area (Å²) in [5.74, 6) is 0.549. The van der Waals surface area contributed by atoms with E-state index in [2.05, 4.69) is 10.1 Å². The van der Waals surface area contributed by atoms with E-state index in [0.717, 1.165) is 5.56 Å². The maximum absolute atomic E-state index is 13.7. The first kappa shape index (κ1) is 15.1. The van der Waals surface area contributed by atoms with Crippen LogP contribution in [0.1, 0.15) is 23.6 Å². The van der Waals surface area contributed by atoms with E-state index in [9.17, 15) is 8.60 Å². The number of thiophene rings is 1. The zero-order valence-electron chi connectivity index (χ0n) is 11.7. The van der Waals surface area contributed by atoms with Crippen molar-refractivity contribution in [2.24, 2.45) is 0 Å². The van der Waals surface area contributed by atoms with Gasteiger partial charge in [-0.1, -0.05) is 23.4 Å². The molecule has 0 spiro atoms. The van der Waals surface area contributed by atoms with Gasteiger partial charge in [0.15, 0.2) is 5.82 Å². The van der Waals surface area contributed by atoms with Crippen LogP contribution in [0.5, 0.6) is 0 Å². The number of hydrogen-bond donors (Lipinski definition) is 0. The average Bonchev–Trinajstić information content (AvgIpc) is 3.17. The summed E-state index contributed by atoms with van der Waals surface area (Å²) >= 11 is 1.53. The Morgan fingerprint density at radius 1 is 1.36 bits per heavy atom. The number of rotatable bonds is 5. The zero-order chi connectivity index (χ0) is 15.5. The molecule has 0 bridgehead atoms. The van der Waals surface area contributed by atoms with Gasteiger partial charge in [-0.15, -0.1) is 0 Å². The fourth-order valence-electron chi connectivity index (χ4n) is 2.01. The third-order valence-electron chi connectivity index (χ3n) is 3.25. The second-order valence-corrected chi connectivity index (χ2v) is 7.25. The van der Waals surface area contributed by atoms with Gasteiger partial charge < -0.3 is 4.52 Å². The van der Waals surface area contributed by atoms with Gasteiger partial charge in [-0.2, -0.15) is 16.3 Å². The van der Waals surface area contributed by atoms with Crippen LogP contribution < -0.4 is 0 Å². The standard InChI is InChI=1S/C15H13FN2O2S2/c1-10(12-4-2-3-5-13(12)16)22(19)9-14-17-15(20-18-14)11-6-7-21-8-11/h2-8,10H,9H2,1H3/t10-,22-/m0/s1. The summed E-state index contributed by atoms with van der Waals surface area (Å²) in [6.45, 7) is 1.73. The van der Waals surface area contributed by atoms with Crippen LogP contribution in [0.2, 0.25) is 0 Å². The van der Waals surface area contributed by atoms with Crippen LogP contribution in [0, 0.1) is 5.82 Å². The monoisotopic (exact) mass is 336 g/mol. The van der Waals surface area contributed by atoms with E-state index < -0.39 is 16.0 Å². The fraction of sp³-hybridized carbons (Fsp3) is 0.200. The molecule has 7 heteroatoms. The van der Waals surface area contributed by atoms with Gasteiger partial charge in [0.2, 0.25) is 0 Å². The summed E-state index contributed by atoms with van der Waals surface area (Å²) in [7, 11) is -1.33. The molecule has 1 aromatic carbocycles. The third-order valence-corrected chi connectivity index (χ3v) is 5.51. The predicted molar refractivity (Wildman–Crippen MR) is 84.3 cm³/mol. The van der Waals surface area contributed by atoms with Crippen molar-refractivity contribution in [2.75, 3.05) is 0 Å². The molecule has 2 atom stereocenters. The summed E-state index contributed by atoms with van der Waals surface area (Å²) in [6.07, 6.45) is 0. The smallest absolute Gasteiger partial charge is 0.258 e. The summed E-state index contributed by atoms with van der Waals surface area (Å²) in [5.41, 5.74) is 1.28. The molecule has 0 aliphatic carbocycles. The molecule has 2 aromatic heterocycles. The van der Waals surface area contributed by atoms with Gasteiger partial charge in [0.05, 0.1) is 16.6 Å². The van der Waals surface area contributed by atoms with Gasteiger partial charge >= 0.3 is 0 Å². The lowest BCUT2D eigenvalue weighted by molar-refractivity contribution is 0.425. The van der Waals surface area contributed by atoms with Gasteiger partial charge in [-0.05, 0) is 24.4 Å². The molecule has 2 heterocycles. The van der Waals surface area contributed by atoms with Crippen molar-refractivity contribution < 1.29 is 13.1 Å². The summed E-state index contributed by atoms with van der Waals surface area (Å²) < 4.78 is 31.3.